The number of aromatic nitrogens is 1. The van der Waals surface area contributed by atoms with Crippen LogP contribution < -0.4 is 4.74 Å². The van der Waals surface area contributed by atoms with E-state index in [0.717, 1.165) is 28.1 Å². The van der Waals surface area contributed by atoms with Crippen molar-refractivity contribution in [3.63, 3.8) is 0 Å². The minimum Gasteiger partial charge on any atom is -0.494 e. The van der Waals surface area contributed by atoms with Crippen molar-refractivity contribution < 1.29 is 14.6 Å². The number of aryl methyl sites for hydroxylation is 2. The molecule has 0 saturated carbocycles. The third kappa shape index (κ3) is 2.79. The third-order valence-electron chi connectivity index (χ3n) is 3.11. The second-order valence-corrected chi connectivity index (χ2v) is 4.60. The minimum absolute atomic E-state index is 0.189. The van der Waals surface area contributed by atoms with Gasteiger partial charge >= 0.3 is 5.97 Å². The van der Waals surface area contributed by atoms with Crippen LogP contribution in [-0.4, -0.2) is 22.7 Å². The normalized spacial score (nSPS) is 10.3. The highest BCUT2D eigenvalue weighted by Crippen LogP contribution is 2.29. The molecule has 1 aromatic carbocycles. The Labute approximate surface area is 118 Å². The van der Waals surface area contributed by atoms with Crippen LogP contribution in [0.2, 0.25) is 0 Å². The van der Waals surface area contributed by atoms with Gasteiger partial charge in [-0.25, -0.2) is 4.79 Å². The molecule has 104 valence electrons. The zero-order chi connectivity index (χ0) is 14.7. The van der Waals surface area contributed by atoms with Gasteiger partial charge < -0.3 is 9.84 Å². The van der Waals surface area contributed by atoms with Gasteiger partial charge in [0.15, 0.2) is 0 Å². The molecule has 1 aromatic heterocycles. The van der Waals surface area contributed by atoms with Crippen LogP contribution in [0.1, 0.15) is 28.4 Å². The molecule has 0 spiro atoms. The van der Waals surface area contributed by atoms with Crippen molar-refractivity contribution >= 4 is 5.97 Å². The molecule has 20 heavy (non-hydrogen) atoms. The first-order valence-electron chi connectivity index (χ1n) is 6.46. The van der Waals surface area contributed by atoms with Crippen LogP contribution in [0, 0.1) is 13.8 Å². The number of rotatable bonds is 4. The lowest BCUT2D eigenvalue weighted by molar-refractivity contribution is 0.0696. The van der Waals surface area contributed by atoms with Crippen LogP contribution in [0.25, 0.3) is 11.3 Å². The van der Waals surface area contributed by atoms with E-state index in [1.165, 1.54) is 6.20 Å². The van der Waals surface area contributed by atoms with Crippen molar-refractivity contribution in [2.45, 2.75) is 20.8 Å². The molecule has 4 nitrogen and oxygen atoms in total. The molecule has 1 N–H and O–H groups in total. The molecule has 1 heterocycles. The van der Waals surface area contributed by atoms with Crippen molar-refractivity contribution in [2.75, 3.05) is 6.61 Å². The molecule has 0 aliphatic carbocycles. The molecule has 0 unspecified atom stereocenters. The maximum absolute atomic E-state index is 10.8. The van der Waals surface area contributed by atoms with E-state index in [9.17, 15) is 4.79 Å². The average Bonchev–Trinajstić information content (AvgIpc) is 2.43. The van der Waals surface area contributed by atoms with Gasteiger partial charge in [0, 0.05) is 11.8 Å². The molecule has 4 heteroatoms. The van der Waals surface area contributed by atoms with Gasteiger partial charge in [-0.1, -0.05) is 0 Å². The van der Waals surface area contributed by atoms with Gasteiger partial charge in [0.05, 0.1) is 17.9 Å². The average molecular weight is 271 g/mol. The molecule has 0 atom stereocenters. The van der Waals surface area contributed by atoms with E-state index in [0.29, 0.717) is 6.61 Å². The highest BCUT2D eigenvalue weighted by molar-refractivity contribution is 5.87. The fraction of sp³-hybridized carbons (Fsp3) is 0.250. The molecule has 0 amide bonds. The highest BCUT2D eigenvalue weighted by Gasteiger charge is 2.09. The number of carbonyl (C=O) groups is 1. The number of ether oxygens (including phenoxy) is 1. The molecule has 0 bridgehead atoms. The van der Waals surface area contributed by atoms with Gasteiger partial charge in [0.25, 0.3) is 0 Å². The standard InChI is InChI=1S/C16H17NO3/c1-4-20-15-8-10(2)13(7-11(15)3)14-6-5-12(9-17-14)16(18)19/h5-9H,4H2,1-3H3,(H,18,19). The summed E-state index contributed by atoms with van der Waals surface area (Å²) >= 11 is 0. The summed E-state index contributed by atoms with van der Waals surface area (Å²) in [5.41, 5.74) is 4.03. The van der Waals surface area contributed by atoms with E-state index < -0.39 is 5.97 Å². The minimum atomic E-state index is -0.969. The molecule has 2 rings (SSSR count). The summed E-state index contributed by atoms with van der Waals surface area (Å²) in [6.07, 6.45) is 1.38. The molecule has 0 fully saturated rings. The lowest BCUT2D eigenvalue weighted by atomic mass is 10.0. The third-order valence-corrected chi connectivity index (χ3v) is 3.11. The molecule has 0 saturated heterocycles. The quantitative estimate of drug-likeness (QED) is 0.925. The second-order valence-electron chi connectivity index (χ2n) is 4.60. The number of hydrogen-bond acceptors (Lipinski definition) is 3. The molecular weight excluding hydrogens is 254 g/mol. The van der Waals surface area contributed by atoms with Crippen molar-refractivity contribution in [3.05, 3.63) is 47.2 Å². The Kier molecular flexibility index (Phi) is 4.03. The Balaban J connectivity index is 2.42. The first kappa shape index (κ1) is 14.1. The summed E-state index contributed by atoms with van der Waals surface area (Å²) < 4.78 is 5.56. The lowest BCUT2D eigenvalue weighted by Gasteiger charge is -2.12. The SMILES string of the molecule is CCOc1cc(C)c(-c2ccc(C(=O)O)cn2)cc1C. The summed E-state index contributed by atoms with van der Waals surface area (Å²) in [4.78, 5) is 15.1. The number of hydrogen-bond donors (Lipinski definition) is 1. The van der Waals surface area contributed by atoms with Crippen LogP contribution in [0.5, 0.6) is 5.75 Å². The van der Waals surface area contributed by atoms with Crippen molar-refractivity contribution in [1.29, 1.82) is 0 Å². The predicted octanol–water partition coefficient (Wildman–Crippen LogP) is 3.46. The van der Waals surface area contributed by atoms with E-state index in [2.05, 4.69) is 4.98 Å². The second kappa shape index (κ2) is 5.74. The maximum atomic E-state index is 10.8. The van der Waals surface area contributed by atoms with Crippen LogP contribution >= 0.6 is 0 Å². The zero-order valence-electron chi connectivity index (χ0n) is 11.8. The summed E-state index contributed by atoms with van der Waals surface area (Å²) in [5.74, 6) is -0.0976. The Morgan fingerprint density at radius 1 is 1.25 bits per heavy atom. The van der Waals surface area contributed by atoms with E-state index in [1.54, 1.807) is 12.1 Å². The van der Waals surface area contributed by atoms with Crippen molar-refractivity contribution in [2.24, 2.45) is 0 Å². The summed E-state index contributed by atoms with van der Waals surface area (Å²) in [6.45, 7) is 6.56. The largest absolute Gasteiger partial charge is 0.494 e. The van der Waals surface area contributed by atoms with Crippen LogP contribution in [0.4, 0.5) is 0 Å². The summed E-state index contributed by atoms with van der Waals surface area (Å²) in [6, 6.07) is 7.30. The summed E-state index contributed by atoms with van der Waals surface area (Å²) in [7, 11) is 0. The topological polar surface area (TPSA) is 59.4 Å². The first-order valence-corrected chi connectivity index (χ1v) is 6.46. The van der Waals surface area contributed by atoms with Gasteiger partial charge in [-0.15, -0.1) is 0 Å². The van der Waals surface area contributed by atoms with E-state index in [1.807, 2.05) is 32.9 Å². The fourth-order valence-corrected chi connectivity index (χ4v) is 2.06. The number of carboxylic acid groups (broad SMARTS) is 1. The Morgan fingerprint density at radius 3 is 2.55 bits per heavy atom. The van der Waals surface area contributed by atoms with Crippen molar-refractivity contribution in [3.8, 4) is 17.0 Å². The van der Waals surface area contributed by atoms with Gasteiger partial charge in [-0.2, -0.15) is 0 Å². The first-order chi connectivity index (χ1) is 9.52. The van der Waals surface area contributed by atoms with Gasteiger partial charge in [0.1, 0.15) is 5.75 Å². The van der Waals surface area contributed by atoms with Gasteiger partial charge in [-0.05, 0) is 56.2 Å². The number of aromatic carboxylic acids is 1. The van der Waals surface area contributed by atoms with Crippen molar-refractivity contribution in [1.82, 2.24) is 4.98 Å². The zero-order valence-corrected chi connectivity index (χ0v) is 11.8. The molecule has 0 aliphatic rings. The van der Waals surface area contributed by atoms with Crippen LogP contribution in [-0.2, 0) is 0 Å². The number of pyridine rings is 1. The maximum Gasteiger partial charge on any atom is 0.337 e. The fourth-order valence-electron chi connectivity index (χ4n) is 2.06. The predicted molar refractivity (Wildman–Crippen MR) is 77.3 cm³/mol. The van der Waals surface area contributed by atoms with Crippen LogP contribution in [0.15, 0.2) is 30.5 Å². The molecule has 2 aromatic rings. The smallest absolute Gasteiger partial charge is 0.337 e. The summed E-state index contributed by atoms with van der Waals surface area (Å²) in [5, 5.41) is 8.88. The Bertz CT molecular complexity index is 633. The number of carboxylic acids is 1. The van der Waals surface area contributed by atoms with E-state index in [-0.39, 0.29) is 5.56 Å². The Morgan fingerprint density at radius 2 is 2.00 bits per heavy atom. The molecular formula is C16H17NO3. The highest BCUT2D eigenvalue weighted by atomic mass is 16.5. The molecule has 0 aliphatic heterocycles. The van der Waals surface area contributed by atoms with Crippen LogP contribution in [0.3, 0.4) is 0 Å². The number of nitrogens with zero attached hydrogens (tertiary/aromatic N) is 1. The Hall–Kier alpha value is -2.36. The van der Waals surface area contributed by atoms with Gasteiger partial charge in [0.2, 0.25) is 0 Å². The van der Waals surface area contributed by atoms with Gasteiger partial charge in [-0.3, -0.25) is 4.98 Å². The van der Waals surface area contributed by atoms with E-state index in [4.69, 9.17) is 9.84 Å². The molecule has 0 radical (unpaired) electrons. The monoisotopic (exact) mass is 271 g/mol. The van der Waals surface area contributed by atoms with E-state index >= 15 is 0 Å². The lowest BCUT2D eigenvalue weighted by Crippen LogP contribution is -1.99. The number of benzene rings is 1.